The molecule has 0 saturated heterocycles. The van der Waals surface area contributed by atoms with Crippen LogP contribution in [0.1, 0.15) is 30.3 Å². The van der Waals surface area contributed by atoms with Gasteiger partial charge in [0, 0.05) is 7.05 Å². The number of aryl methyl sites for hydroxylation is 1. The van der Waals surface area contributed by atoms with Crippen molar-refractivity contribution in [1.82, 2.24) is 9.78 Å². The number of hydrogen-bond acceptors (Lipinski definition) is 4. The largest absolute Gasteiger partial charge is 0.493 e. The van der Waals surface area contributed by atoms with Gasteiger partial charge in [0.1, 0.15) is 11.8 Å². The van der Waals surface area contributed by atoms with Crippen LogP contribution >= 0.6 is 0 Å². The summed E-state index contributed by atoms with van der Waals surface area (Å²) in [5.74, 6) is 0.0614. The van der Waals surface area contributed by atoms with Gasteiger partial charge in [-0.25, -0.2) is 0 Å². The van der Waals surface area contributed by atoms with E-state index in [1.807, 2.05) is 6.92 Å². The average Bonchev–Trinajstić information content (AvgIpc) is 2.58. The summed E-state index contributed by atoms with van der Waals surface area (Å²) in [5.41, 5.74) is 0.318. The molecule has 0 aromatic carbocycles. The highest BCUT2D eigenvalue weighted by atomic mass is 16.5. The molecule has 1 unspecified atom stereocenters. The van der Waals surface area contributed by atoms with Gasteiger partial charge in [0.2, 0.25) is 5.78 Å². The summed E-state index contributed by atoms with van der Waals surface area (Å²) < 4.78 is 6.42. The average molecular weight is 212 g/mol. The van der Waals surface area contributed by atoms with Crippen molar-refractivity contribution < 1.29 is 14.6 Å². The maximum Gasteiger partial charge on any atom is 0.213 e. The molecule has 1 N–H and O–H groups in total. The zero-order valence-corrected chi connectivity index (χ0v) is 9.23. The Morgan fingerprint density at radius 3 is 2.93 bits per heavy atom. The molecule has 0 aliphatic carbocycles. The van der Waals surface area contributed by atoms with Gasteiger partial charge in [0.15, 0.2) is 5.75 Å². The monoisotopic (exact) mass is 212 g/mol. The molecule has 0 radical (unpaired) electrons. The molecule has 15 heavy (non-hydrogen) atoms. The van der Waals surface area contributed by atoms with Crippen LogP contribution in [-0.2, 0) is 7.05 Å². The summed E-state index contributed by atoms with van der Waals surface area (Å²) in [6.45, 7) is 1.91. The molecule has 0 aliphatic rings. The summed E-state index contributed by atoms with van der Waals surface area (Å²) in [6, 6.07) is 0. The maximum absolute atomic E-state index is 11.8. The lowest BCUT2D eigenvalue weighted by Crippen LogP contribution is -2.23. The normalized spacial score (nSPS) is 12.5. The molecule has 5 nitrogen and oxygen atoms in total. The Morgan fingerprint density at radius 1 is 1.73 bits per heavy atom. The summed E-state index contributed by atoms with van der Waals surface area (Å²) in [5, 5.41) is 13.5. The highest BCUT2D eigenvalue weighted by molar-refractivity contribution is 6.00. The smallest absolute Gasteiger partial charge is 0.213 e. The zero-order valence-electron chi connectivity index (χ0n) is 9.23. The lowest BCUT2D eigenvalue weighted by atomic mass is 10.1. The minimum absolute atomic E-state index is 0.318. The predicted molar refractivity (Wildman–Crippen MR) is 55.0 cm³/mol. The molecule has 1 aromatic rings. The van der Waals surface area contributed by atoms with E-state index in [4.69, 9.17) is 4.74 Å². The highest BCUT2D eigenvalue weighted by Gasteiger charge is 2.23. The molecule has 1 heterocycles. The van der Waals surface area contributed by atoms with Crippen LogP contribution in [0.5, 0.6) is 5.75 Å². The second-order valence-electron chi connectivity index (χ2n) is 3.35. The molecule has 1 aromatic heterocycles. The van der Waals surface area contributed by atoms with Crippen molar-refractivity contribution in [3.8, 4) is 5.75 Å². The number of rotatable bonds is 5. The third kappa shape index (κ3) is 2.36. The van der Waals surface area contributed by atoms with Gasteiger partial charge < -0.3 is 9.84 Å². The van der Waals surface area contributed by atoms with Crippen LogP contribution in [-0.4, -0.2) is 33.9 Å². The number of aliphatic hydroxyl groups excluding tert-OH is 1. The lowest BCUT2D eigenvalue weighted by Gasteiger charge is -2.09. The second kappa shape index (κ2) is 4.93. The van der Waals surface area contributed by atoms with Gasteiger partial charge in [-0.05, 0) is 6.42 Å². The minimum atomic E-state index is -0.973. The van der Waals surface area contributed by atoms with Crippen molar-refractivity contribution in [3.63, 3.8) is 0 Å². The van der Waals surface area contributed by atoms with Gasteiger partial charge >= 0.3 is 0 Å². The van der Waals surface area contributed by atoms with Crippen molar-refractivity contribution in [1.29, 1.82) is 0 Å². The number of ketones is 1. The number of hydrogen-bond donors (Lipinski definition) is 1. The fraction of sp³-hybridized carbons (Fsp3) is 0.600. The van der Waals surface area contributed by atoms with E-state index in [0.717, 1.165) is 6.42 Å². The van der Waals surface area contributed by atoms with E-state index in [-0.39, 0.29) is 5.78 Å². The van der Waals surface area contributed by atoms with Crippen molar-refractivity contribution in [3.05, 3.63) is 11.9 Å². The van der Waals surface area contributed by atoms with Gasteiger partial charge in [0.25, 0.3) is 0 Å². The Hall–Kier alpha value is -1.36. The number of nitrogens with zero attached hydrogens (tertiary/aromatic N) is 2. The van der Waals surface area contributed by atoms with Crippen LogP contribution in [0.3, 0.4) is 0 Å². The van der Waals surface area contributed by atoms with Gasteiger partial charge in [0.05, 0.1) is 13.3 Å². The van der Waals surface area contributed by atoms with E-state index in [1.54, 1.807) is 7.05 Å². The Kier molecular flexibility index (Phi) is 3.85. The number of carbonyl (C=O) groups is 1. The van der Waals surface area contributed by atoms with Crippen molar-refractivity contribution in [2.75, 3.05) is 7.11 Å². The first-order valence-corrected chi connectivity index (χ1v) is 4.90. The lowest BCUT2D eigenvalue weighted by molar-refractivity contribution is 0.0715. The minimum Gasteiger partial charge on any atom is -0.493 e. The fourth-order valence-electron chi connectivity index (χ4n) is 1.41. The van der Waals surface area contributed by atoms with Crippen LogP contribution in [0, 0.1) is 0 Å². The van der Waals surface area contributed by atoms with Crippen LogP contribution < -0.4 is 4.74 Å². The summed E-state index contributed by atoms with van der Waals surface area (Å²) in [7, 11) is 3.12. The quantitative estimate of drug-likeness (QED) is 0.732. The molecule has 0 fully saturated rings. The maximum atomic E-state index is 11.8. The van der Waals surface area contributed by atoms with E-state index in [9.17, 15) is 9.90 Å². The Labute approximate surface area is 88.7 Å². The topological polar surface area (TPSA) is 64.3 Å². The number of methoxy groups -OCH3 is 1. The van der Waals surface area contributed by atoms with E-state index < -0.39 is 6.10 Å². The van der Waals surface area contributed by atoms with Gasteiger partial charge in [-0.2, -0.15) is 5.10 Å². The summed E-state index contributed by atoms with van der Waals surface area (Å²) >= 11 is 0. The Morgan fingerprint density at radius 2 is 2.40 bits per heavy atom. The van der Waals surface area contributed by atoms with Crippen LogP contribution in [0.25, 0.3) is 0 Å². The number of carbonyl (C=O) groups excluding carboxylic acids is 1. The number of aromatic nitrogens is 2. The van der Waals surface area contributed by atoms with Crippen LogP contribution in [0.15, 0.2) is 6.20 Å². The van der Waals surface area contributed by atoms with E-state index in [0.29, 0.717) is 17.9 Å². The van der Waals surface area contributed by atoms with Crippen LogP contribution in [0.4, 0.5) is 0 Å². The van der Waals surface area contributed by atoms with Crippen molar-refractivity contribution in [2.24, 2.45) is 7.05 Å². The van der Waals surface area contributed by atoms with Crippen molar-refractivity contribution in [2.45, 2.75) is 25.9 Å². The summed E-state index contributed by atoms with van der Waals surface area (Å²) in [4.78, 5) is 11.8. The first kappa shape index (κ1) is 11.7. The van der Waals surface area contributed by atoms with Crippen molar-refractivity contribution >= 4 is 5.78 Å². The molecule has 0 bridgehead atoms. The molecule has 84 valence electrons. The molecule has 5 heteroatoms. The SMILES string of the molecule is CCCC(O)C(=O)c1c(OC)cnn1C. The highest BCUT2D eigenvalue weighted by Crippen LogP contribution is 2.19. The molecular weight excluding hydrogens is 196 g/mol. The Bertz CT molecular complexity index is 346. The van der Waals surface area contributed by atoms with Gasteiger partial charge in [-0.1, -0.05) is 13.3 Å². The fourth-order valence-corrected chi connectivity index (χ4v) is 1.41. The predicted octanol–water partition coefficient (Wildman–Crippen LogP) is 0.772. The second-order valence-corrected chi connectivity index (χ2v) is 3.35. The van der Waals surface area contributed by atoms with Gasteiger partial charge in [-0.3, -0.25) is 9.48 Å². The molecule has 0 aliphatic heterocycles. The molecule has 1 rings (SSSR count). The third-order valence-corrected chi connectivity index (χ3v) is 2.22. The van der Waals surface area contributed by atoms with Crippen LogP contribution in [0.2, 0.25) is 0 Å². The van der Waals surface area contributed by atoms with Gasteiger partial charge in [-0.15, -0.1) is 0 Å². The molecule has 1 atom stereocenters. The first-order valence-electron chi connectivity index (χ1n) is 4.90. The number of Topliss-reactive ketones (excluding diaryl/α,β-unsaturated/α-hetero) is 1. The van der Waals surface area contributed by atoms with E-state index in [1.165, 1.54) is 18.0 Å². The first-order chi connectivity index (χ1) is 7.11. The number of ether oxygens (including phenoxy) is 1. The van der Waals surface area contributed by atoms with E-state index in [2.05, 4.69) is 5.10 Å². The number of aliphatic hydroxyl groups is 1. The molecule has 0 amide bonds. The van der Waals surface area contributed by atoms with E-state index >= 15 is 0 Å². The molecular formula is C10H16N2O3. The standard InChI is InChI=1S/C10H16N2O3/c1-4-5-7(13)10(14)9-8(15-3)6-11-12(9)2/h6-7,13H,4-5H2,1-3H3. The third-order valence-electron chi connectivity index (χ3n) is 2.22. The zero-order chi connectivity index (χ0) is 11.4. The molecule has 0 spiro atoms. The summed E-state index contributed by atoms with van der Waals surface area (Å²) in [6.07, 6.45) is 1.70. The molecule has 0 saturated carbocycles. The Balaban J connectivity index is 2.94.